The van der Waals surface area contributed by atoms with Crippen LogP contribution in [0.15, 0.2) is 30.3 Å². The third-order valence-corrected chi connectivity index (χ3v) is 3.56. The molecule has 2 aromatic rings. The number of halogens is 3. The van der Waals surface area contributed by atoms with Gasteiger partial charge in [0.25, 0.3) is 5.91 Å². The van der Waals surface area contributed by atoms with Gasteiger partial charge in [0, 0.05) is 12.1 Å². The molecular formula is C17H19F3N4O. The molecule has 0 fully saturated rings. The van der Waals surface area contributed by atoms with Crippen LogP contribution in [0.5, 0.6) is 0 Å². The van der Waals surface area contributed by atoms with E-state index in [0.29, 0.717) is 0 Å². The number of carbonyl (C=O) groups excluding carboxylic acids is 1. The molecule has 2 rings (SSSR count). The number of nitrogens with zero attached hydrogens (tertiary/aromatic N) is 2. The summed E-state index contributed by atoms with van der Waals surface area (Å²) in [7, 11) is 0. The van der Waals surface area contributed by atoms with E-state index in [0.717, 1.165) is 12.5 Å². The Morgan fingerprint density at radius 2 is 1.92 bits per heavy atom. The molecule has 0 saturated heterocycles. The van der Waals surface area contributed by atoms with Gasteiger partial charge in [0.2, 0.25) is 0 Å². The van der Waals surface area contributed by atoms with Crippen molar-refractivity contribution in [1.29, 1.82) is 0 Å². The summed E-state index contributed by atoms with van der Waals surface area (Å²) in [6.07, 6.45) is -3.75. The van der Waals surface area contributed by atoms with Crippen molar-refractivity contribution < 1.29 is 18.0 Å². The van der Waals surface area contributed by atoms with Crippen LogP contribution in [0.2, 0.25) is 0 Å². The number of alkyl halides is 3. The molecule has 1 aromatic heterocycles. The summed E-state index contributed by atoms with van der Waals surface area (Å²) in [5, 5.41) is 5.39. The summed E-state index contributed by atoms with van der Waals surface area (Å²) >= 11 is 0. The Balaban J connectivity index is 2.32. The van der Waals surface area contributed by atoms with Crippen LogP contribution in [0, 0.1) is 6.92 Å². The summed E-state index contributed by atoms with van der Waals surface area (Å²) in [4.78, 5) is 20.3. The molecule has 1 atom stereocenters. The van der Waals surface area contributed by atoms with Crippen LogP contribution >= 0.6 is 0 Å². The summed E-state index contributed by atoms with van der Waals surface area (Å²) in [5.41, 5.74) is -0.849. The molecule has 0 radical (unpaired) electrons. The maximum atomic E-state index is 13.1. The van der Waals surface area contributed by atoms with E-state index in [2.05, 4.69) is 20.6 Å². The normalized spacial score (nSPS) is 12.6. The van der Waals surface area contributed by atoms with Crippen LogP contribution in [0.1, 0.15) is 42.1 Å². The smallest absolute Gasteiger partial charge is 0.348 e. The van der Waals surface area contributed by atoms with Gasteiger partial charge in [-0.15, -0.1) is 0 Å². The topological polar surface area (TPSA) is 66.9 Å². The Kier molecular flexibility index (Phi) is 5.61. The average molecular weight is 352 g/mol. The second-order valence-electron chi connectivity index (χ2n) is 5.64. The molecule has 0 spiro atoms. The largest absolute Gasteiger partial charge is 0.418 e. The minimum atomic E-state index is -4.50. The van der Waals surface area contributed by atoms with E-state index in [1.54, 1.807) is 6.92 Å². The first-order valence-electron chi connectivity index (χ1n) is 7.80. The van der Waals surface area contributed by atoms with E-state index in [-0.39, 0.29) is 29.1 Å². The fourth-order valence-electron chi connectivity index (χ4n) is 2.13. The number of hydrogen-bond acceptors (Lipinski definition) is 4. The van der Waals surface area contributed by atoms with Gasteiger partial charge in [0.1, 0.15) is 17.3 Å². The quantitative estimate of drug-likeness (QED) is 0.851. The van der Waals surface area contributed by atoms with E-state index >= 15 is 0 Å². The lowest BCUT2D eigenvalue weighted by atomic mass is 10.1. The highest BCUT2D eigenvalue weighted by molar-refractivity contribution is 5.93. The van der Waals surface area contributed by atoms with Gasteiger partial charge in [0.05, 0.1) is 11.3 Å². The molecular weight excluding hydrogens is 333 g/mol. The van der Waals surface area contributed by atoms with Gasteiger partial charge < -0.3 is 10.6 Å². The molecule has 5 nitrogen and oxygen atoms in total. The molecule has 0 aliphatic heterocycles. The lowest BCUT2D eigenvalue weighted by Gasteiger charge is -2.15. The van der Waals surface area contributed by atoms with Crippen molar-refractivity contribution in [2.45, 2.75) is 39.4 Å². The van der Waals surface area contributed by atoms with Crippen molar-refractivity contribution >= 4 is 17.4 Å². The lowest BCUT2D eigenvalue weighted by Crippen LogP contribution is -2.32. The highest BCUT2D eigenvalue weighted by Crippen LogP contribution is 2.35. The fourth-order valence-corrected chi connectivity index (χ4v) is 2.13. The van der Waals surface area contributed by atoms with Crippen LogP contribution < -0.4 is 10.6 Å². The van der Waals surface area contributed by atoms with Crippen LogP contribution in [0.3, 0.4) is 0 Å². The summed E-state index contributed by atoms with van der Waals surface area (Å²) in [6.45, 7) is 5.35. The van der Waals surface area contributed by atoms with E-state index in [4.69, 9.17) is 0 Å². The summed E-state index contributed by atoms with van der Waals surface area (Å²) in [5.74, 6) is 0.00861. The van der Waals surface area contributed by atoms with Gasteiger partial charge in [-0.05, 0) is 32.4 Å². The molecule has 1 amide bonds. The highest BCUT2D eigenvalue weighted by atomic mass is 19.4. The maximum absolute atomic E-state index is 13.1. The van der Waals surface area contributed by atoms with E-state index in [9.17, 15) is 18.0 Å². The molecule has 1 heterocycles. The Morgan fingerprint density at radius 3 is 2.56 bits per heavy atom. The highest BCUT2D eigenvalue weighted by Gasteiger charge is 2.33. The predicted octanol–water partition coefficient (Wildman–Crippen LogP) is 4.08. The third kappa shape index (κ3) is 4.91. The number of carbonyl (C=O) groups is 1. The molecule has 0 saturated carbocycles. The first-order chi connectivity index (χ1) is 11.7. The maximum Gasteiger partial charge on any atom is 0.418 e. The van der Waals surface area contributed by atoms with Crippen molar-refractivity contribution in [1.82, 2.24) is 15.3 Å². The molecule has 134 valence electrons. The minimum absolute atomic E-state index is 0.0369. The molecule has 0 aliphatic rings. The molecule has 1 aromatic carbocycles. The van der Waals surface area contributed by atoms with Crippen LogP contribution in [-0.4, -0.2) is 21.9 Å². The zero-order valence-corrected chi connectivity index (χ0v) is 14.1. The van der Waals surface area contributed by atoms with Gasteiger partial charge >= 0.3 is 6.18 Å². The number of hydrogen-bond donors (Lipinski definition) is 2. The number of para-hydroxylation sites is 1. The number of benzene rings is 1. The van der Waals surface area contributed by atoms with Gasteiger partial charge in [-0.3, -0.25) is 4.79 Å². The first-order valence-corrected chi connectivity index (χ1v) is 7.80. The molecule has 0 aliphatic carbocycles. The van der Waals surface area contributed by atoms with Gasteiger partial charge in [-0.25, -0.2) is 9.97 Å². The van der Waals surface area contributed by atoms with Crippen LogP contribution in [-0.2, 0) is 6.18 Å². The standard InChI is InChI=1S/C17H19F3N4O/c1-4-10(2)21-16(25)14-9-15(23-11(3)22-14)24-13-8-6-5-7-12(13)17(18,19)20/h5-10H,4H2,1-3H3,(H,21,25)(H,22,23,24). The Bertz CT molecular complexity index is 762. The monoisotopic (exact) mass is 352 g/mol. The van der Waals surface area contributed by atoms with Crippen molar-refractivity contribution in [3.63, 3.8) is 0 Å². The van der Waals surface area contributed by atoms with Crippen molar-refractivity contribution in [2.24, 2.45) is 0 Å². The number of rotatable bonds is 5. The van der Waals surface area contributed by atoms with Crippen molar-refractivity contribution in [2.75, 3.05) is 5.32 Å². The van der Waals surface area contributed by atoms with Crippen molar-refractivity contribution in [3.05, 3.63) is 47.4 Å². The average Bonchev–Trinajstić information content (AvgIpc) is 2.53. The summed E-state index contributed by atoms with van der Waals surface area (Å²) in [6, 6.07) is 6.38. The number of aryl methyl sites for hydroxylation is 1. The zero-order chi connectivity index (χ0) is 18.6. The Morgan fingerprint density at radius 1 is 1.24 bits per heavy atom. The number of aromatic nitrogens is 2. The van der Waals surface area contributed by atoms with Gasteiger partial charge in [0.15, 0.2) is 0 Å². The van der Waals surface area contributed by atoms with E-state index in [1.165, 1.54) is 24.3 Å². The number of nitrogens with one attached hydrogen (secondary N) is 2. The molecule has 2 N–H and O–H groups in total. The van der Waals surface area contributed by atoms with Crippen LogP contribution in [0.4, 0.5) is 24.7 Å². The molecule has 8 heteroatoms. The summed E-state index contributed by atoms with van der Waals surface area (Å²) < 4.78 is 39.3. The van der Waals surface area contributed by atoms with Crippen LogP contribution in [0.25, 0.3) is 0 Å². The van der Waals surface area contributed by atoms with E-state index in [1.807, 2.05) is 13.8 Å². The molecule has 25 heavy (non-hydrogen) atoms. The Labute approximate surface area is 143 Å². The fraction of sp³-hybridized carbons (Fsp3) is 0.353. The van der Waals surface area contributed by atoms with E-state index < -0.39 is 17.6 Å². The lowest BCUT2D eigenvalue weighted by molar-refractivity contribution is -0.136. The van der Waals surface area contributed by atoms with Gasteiger partial charge in [-0.1, -0.05) is 19.1 Å². The molecule has 0 bridgehead atoms. The zero-order valence-electron chi connectivity index (χ0n) is 14.1. The molecule has 1 unspecified atom stereocenters. The van der Waals surface area contributed by atoms with Crippen molar-refractivity contribution in [3.8, 4) is 0 Å². The SMILES string of the molecule is CCC(C)NC(=O)c1cc(Nc2ccccc2C(F)(F)F)nc(C)n1. The number of amides is 1. The number of anilines is 2. The Hall–Kier alpha value is -2.64. The third-order valence-electron chi connectivity index (χ3n) is 3.56. The second kappa shape index (κ2) is 7.50. The van der Waals surface area contributed by atoms with Gasteiger partial charge in [-0.2, -0.15) is 13.2 Å². The predicted molar refractivity (Wildman–Crippen MR) is 88.7 cm³/mol. The second-order valence-corrected chi connectivity index (χ2v) is 5.64. The minimum Gasteiger partial charge on any atom is -0.348 e. The first kappa shape index (κ1) is 18.7.